The number of aromatic nitrogens is 1. The Morgan fingerprint density at radius 2 is 1.63 bits per heavy atom. The van der Waals surface area contributed by atoms with Crippen molar-refractivity contribution in [1.29, 1.82) is 0 Å². The van der Waals surface area contributed by atoms with Crippen LogP contribution in [0.1, 0.15) is 5.56 Å². The number of hydrogen-bond acceptors (Lipinski definition) is 7. The summed E-state index contributed by atoms with van der Waals surface area (Å²) in [6.07, 6.45) is 1.88. The first-order valence-corrected chi connectivity index (χ1v) is 10.3. The lowest BCUT2D eigenvalue weighted by atomic mass is 10.00. The highest BCUT2D eigenvalue weighted by atomic mass is 16.7. The maximum atomic E-state index is 5.66. The Balaban J connectivity index is 1.41. The van der Waals surface area contributed by atoms with Gasteiger partial charge in [-0.15, -0.1) is 0 Å². The molecule has 0 N–H and O–H groups in total. The average Bonchev–Trinajstić information content (AvgIpc) is 3.43. The van der Waals surface area contributed by atoms with Crippen LogP contribution in [0.2, 0.25) is 0 Å². The molecule has 0 bridgehead atoms. The van der Waals surface area contributed by atoms with Gasteiger partial charge in [-0.3, -0.25) is 9.88 Å². The molecule has 3 aromatic rings. The lowest BCUT2D eigenvalue weighted by molar-refractivity contribution is 0.148. The molecule has 1 saturated heterocycles. The molecular formula is C23H23N3O4. The smallest absolute Gasteiger partial charge is 0.231 e. The molecule has 1 aromatic heterocycles. The van der Waals surface area contributed by atoms with Crippen LogP contribution < -0.4 is 18.9 Å². The summed E-state index contributed by atoms with van der Waals surface area (Å²) >= 11 is 0. The quantitative estimate of drug-likeness (QED) is 0.664. The standard InChI is InChI=1S/C23H23N3O4/c1-25-4-6-26(7-5-25)12-16-9-21-22(29-13-28-21)10-17(16)19-8-15-2-3-20-23(30-14-27-20)18(15)11-24-19/h2-3,8-11H,4-7,12-14H2,1H3. The number of pyridine rings is 1. The molecule has 7 nitrogen and oxygen atoms in total. The maximum Gasteiger partial charge on any atom is 0.231 e. The van der Waals surface area contributed by atoms with Crippen molar-refractivity contribution in [1.82, 2.24) is 14.8 Å². The van der Waals surface area contributed by atoms with E-state index < -0.39 is 0 Å². The second-order valence-corrected chi connectivity index (χ2v) is 8.03. The number of piperazine rings is 1. The Bertz CT molecular complexity index is 1130. The van der Waals surface area contributed by atoms with Crippen LogP contribution in [-0.2, 0) is 6.54 Å². The second-order valence-electron chi connectivity index (χ2n) is 8.03. The molecule has 0 atom stereocenters. The molecular weight excluding hydrogens is 382 g/mol. The van der Waals surface area contributed by atoms with Crippen LogP contribution in [0.5, 0.6) is 23.0 Å². The molecule has 0 amide bonds. The van der Waals surface area contributed by atoms with E-state index in [1.807, 2.05) is 12.3 Å². The van der Waals surface area contributed by atoms with Gasteiger partial charge in [0.25, 0.3) is 0 Å². The number of hydrogen-bond donors (Lipinski definition) is 0. The summed E-state index contributed by atoms with van der Waals surface area (Å²) < 4.78 is 22.5. The first-order chi connectivity index (χ1) is 14.7. The van der Waals surface area contributed by atoms with Gasteiger partial charge in [-0.1, -0.05) is 6.07 Å². The van der Waals surface area contributed by atoms with Gasteiger partial charge < -0.3 is 23.8 Å². The molecule has 2 aromatic carbocycles. The summed E-state index contributed by atoms with van der Waals surface area (Å²) in [5, 5.41) is 2.04. The molecule has 4 heterocycles. The molecule has 0 spiro atoms. The van der Waals surface area contributed by atoms with Gasteiger partial charge in [0.1, 0.15) is 0 Å². The maximum absolute atomic E-state index is 5.66. The fraction of sp³-hybridized carbons (Fsp3) is 0.348. The molecule has 0 radical (unpaired) electrons. The molecule has 3 aliphatic rings. The molecule has 6 rings (SSSR count). The summed E-state index contributed by atoms with van der Waals surface area (Å²) in [7, 11) is 2.17. The van der Waals surface area contributed by atoms with Crippen molar-refractivity contribution in [3.8, 4) is 34.3 Å². The second kappa shape index (κ2) is 7.04. The first kappa shape index (κ1) is 17.8. The largest absolute Gasteiger partial charge is 0.454 e. The predicted octanol–water partition coefficient (Wildman–Crippen LogP) is 3.11. The summed E-state index contributed by atoms with van der Waals surface area (Å²) in [6.45, 7) is 5.66. The van der Waals surface area contributed by atoms with Crippen molar-refractivity contribution < 1.29 is 18.9 Å². The topological polar surface area (TPSA) is 56.3 Å². The van der Waals surface area contributed by atoms with Gasteiger partial charge in [-0.2, -0.15) is 0 Å². The van der Waals surface area contributed by atoms with E-state index >= 15 is 0 Å². The summed E-state index contributed by atoms with van der Waals surface area (Å²) in [4.78, 5) is 9.64. The van der Waals surface area contributed by atoms with Gasteiger partial charge in [0.05, 0.1) is 5.69 Å². The Hall–Kier alpha value is -3.03. The van der Waals surface area contributed by atoms with Crippen LogP contribution >= 0.6 is 0 Å². The third-order valence-corrected chi connectivity index (χ3v) is 6.10. The third kappa shape index (κ3) is 3.02. The van der Waals surface area contributed by atoms with Gasteiger partial charge in [0, 0.05) is 49.9 Å². The van der Waals surface area contributed by atoms with E-state index in [1.54, 1.807) is 0 Å². The highest BCUT2D eigenvalue weighted by Crippen LogP contribution is 2.42. The highest BCUT2D eigenvalue weighted by molar-refractivity contribution is 5.93. The fourth-order valence-electron chi connectivity index (χ4n) is 4.33. The molecule has 1 fully saturated rings. The highest BCUT2D eigenvalue weighted by Gasteiger charge is 2.23. The minimum Gasteiger partial charge on any atom is -0.454 e. The van der Waals surface area contributed by atoms with Crippen molar-refractivity contribution in [2.24, 2.45) is 0 Å². The van der Waals surface area contributed by atoms with Crippen molar-refractivity contribution in [3.63, 3.8) is 0 Å². The normalized spacial score (nSPS) is 18.3. The monoisotopic (exact) mass is 405 g/mol. The number of benzene rings is 2. The third-order valence-electron chi connectivity index (χ3n) is 6.10. The zero-order chi connectivity index (χ0) is 20.1. The van der Waals surface area contributed by atoms with Crippen molar-refractivity contribution in [2.45, 2.75) is 6.54 Å². The van der Waals surface area contributed by atoms with Gasteiger partial charge in [-0.25, -0.2) is 0 Å². The molecule has 7 heteroatoms. The zero-order valence-electron chi connectivity index (χ0n) is 16.9. The van der Waals surface area contributed by atoms with E-state index in [9.17, 15) is 0 Å². The Morgan fingerprint density at radius 3 is 2.50 bits per heavy atom. The predicted molar refractivity (Wildman–Crippen MR) is 112 cm³/mol. The van der Waals surface area contributed by atoms with E-state index in [1.165, 1.54) is 5.56 Å². The van der Waals surface area contributed by atoms with Crippen LogP contribution in [0.25, 0.3) is 22.0 Å². The van der Waals surface area contributed by atoms with Crippen LogP contribution in [-0.4, -0.2) is 61.6 Å². The van der Waals surface area contributed by atoms with E-state index in [0.29, 0.717) is 0 Å². The Kier molecular flexibility index (Phi) is 4.17. The van der Waals surface area contributed by atoms with Gasteiger partial charge in [0.15, 0.2) is 23.0 Å². The summed E-state index contributed by atoms with van der Waals surface area (Å²) in [5.74, 6) is 3.14. The molecule has 30 heavy (non-hydrogen) atoms. The fourth-order valence-corrected chi connectivity index (χ4v) is 4.33. The van der Waals surface area contributed by atoms with Crippen LogP contribution in [0.3, 0.4) is 0 Å². The van der Waals surface area contributed by atoms with Crippen molar-refractivity contribution in [2.75, 3.05) is 46.8 Å². The lowest BCUT2D eigenvalue weighted by Crippen LogP contribution is -2.43. The molecule has 0 aliphatic carbocycles. The number of fused-ring (bicyclic) bond motifs is 4. The molecule has 154 valence electrons. The van der Waals surface area contributed by atoms with Gasteiger partial charge in [-0.05, 0) is 42.3 Å². The number of likely N-dealkylation sites (N-methyl/N-ethyl adjacent to an activating group) is 1. The Labute approximate surface area is 174 Å². The van der Waals surface area contributed by atoms with Crippen molar-refractivity contribution in [3.05, 3.63) is 42.1 Å². The van der Waals surface area contributed by atoms with E-state index in [4.69, 9.17) is 23.9 Å². The van der Waals surface area contributed by atoms with Crippen LogP contribution in [0, 0.1) is 0 Å². The number of nitrogens with zero attached hydrogens (tertiary/aromatic N) is 3. The van der Waals surface area contributed by atoms with E-state index in [0.717, 1.165) is 77.8 Å². The number of ether oxygens (including phenoxy) is 4. The zero-order valence-corrected chi connectivity index (χ0v) is 16.9. The first-order valence-electron chi connectivity index (χ1n) is 10.3. The lowest BCUT2D eigenvalue weighted by Gasteiger charge is -2.32. The minimum atomic E-state index is 0.257. The minimum absolute atomic E-state index is 0.257. The van der Waals surface area contributed by atoms with E-state index in [-0.39, 0.29) is 13.6 Å². The molecule has 3 aliphatic heterocycles. The SMILES string of the molecule is CN1CCN(Cc2cc3c(cc2-c2cc4ccc5c(c4cn2)OCO5)OCO3)CC1. The summed E-state index contributed by atoms with van der Waals surface area (Å²) in [6, 6.07) is 10.3. The van der Waals surface area contributed by atoms with Crippen molar-refractivity contribution >= 4 is 10.8 Å². The van der Waals surface area contributed by atoms with Gasteiger partial charge >= 0.3 is 0 Å². The molecule has 0 saturated carbocycles. The van der Waals surface area contributed by atoms with E-state index in [2.05, 4.69) is 41.1 Å². The summed E-state index contributed by atoms with van der Waals surface area (Å²) in [5.41, 5.74) is 3.21. The van der Waals surface area contributed by atoms with Gasteiger partial charge in [0.2, 0.25) is 13.6 Å². The Morgan fingerprint density at radius 1 is 0.867 bits per heavy atom. The number of rotatable bonds is 3. The van der Waals surface area contributed by atoms with Crippen LogP contribution in [0.15, 0.2) is 36.5 Å². The van der Waals surface area contributed by atoms with Crippen LogP contribution in [0.4, 0.5) is 0 Å². The average molecular weight is 405 g/mol. The molecule has 0 unspecified atom stereocenters.